The molecule has 1 saturated heterocycles. The predicted octanol–water partition coefficient (Wildman–Crippen LogP) is 1.66. The molecule has 1 amide bonds. The molecular weight excluding hydrogens is 235 g/mol. The molecule has 1 fully saturated rings. The zero-order valence-corrected chi connectivity index (χ0v) is 10.4. The molecule has 98 valence electrons. The van der Waals surface area contributed by atoms with Crippen molar-refractivity contribution in [3.63, 3.8) is 0 Å². The summed E-state index contributed by atoms with van der Waals surface area (Å²) in [6.45, 7) is 1.25. The third kappa shape index (κ3) is 2.61. The van der Waals surface area contributed by atoms with Crippen LogP contribution < -0.4 is 5.73 Å². The maximum absolute atomic E-state index is 13.3. The first-order valence-electron chi connectivity index (χ1n) is 6.00. The van der Waals surface area contributed by atoms with Gasteiger partial charge in [0.2, 0.25) is 0 Å². The number of carbonyl (C=O) groups excluding carboxylic acids is 1. The second-order valence-corrected chi connectivity index (χ2v) is 4.52. The Morgan fingerprint density at radius 1 is 1.61 bits per heavy atom. The number of ether oxygens (including phenoxy) is 1. The molecular formula is C13H17FN2O2. The largest absolute Gasteiger partial charge is 0.396 e. The lowest BCUT2D eigenvalue weighted by Crippen LogP contribution is -2.34. The van der Waals surface area contributed by atoms with Crippen LogP contribution in [0.4, 0.5) is 10.1 Å². The number of likely N-dealkylation sites (N-methyl/N-ethyl adjacent to an activating group) is 1. The number of carbonyl (C=O) groups is 1. The number of halogens is 1. The van der Waals surface area contributed by atoms with Gasteiger partial charge in [-0.05, 0) is 25.0 Å². The maximum Gasteiger partial charge on any atom is 0.255 e. The molecule has 18 heavy (non-hydrogen) atoms. The number of hydrogen-bond donors (Lipinski definition) is 1. The Morgan fingerprint density at radius 3 is 3.06 bits per heavy atom. The number of amides is 1. The molecule has 0 bridgehead atoms. The van der Waals surface area contributed by atoms with E-state index in [1.165, 1.54) is 23.1 Å². The van der Waals surface area contributed by atoms with E-state index in [1.807, 2.05) is 0 Å². The van der Waals surface area contributed by atoms with Gasteiger partial charge in [-0.15, -0.1) is 0 Å². The summed E-state index contributed by atoms with van der Waals surface area (Å²) in [5.74, 6) is -0.839. The van der Waals surface area contributed by atoms with Crippen LogP contribution >= 0.6 is 0 Å². The van der Waals surface area contributed by atoms with E-state index >= 15 is 0 Å². The minimum atomic E-state index is -0.564. The van der Waals surface area contributed by atoms with Crippen LogP contribution in [0.5, 0.6) is 0 Å². The minimum absolute atomic E-state index is 0.0775. The van der Waals surface area contributed by atoms with Crippen molar-refractivity contribution in [1.82, 2.24) is 4.90 Å². The molecule has 1 atom stereocenters. The van der Waals surface area contributed by atoms with Crippen molar-refractivity contribution in [2.45, 2.75) is 18.9 Å². The minimum Gasteiger partial charge on any atom is -0.396 e. The number of nitrogens with two attached hydrogens (primary N) is 1. The first kappa shape index (κ1) is 12.8. The summed E-state index contributed by atoms with van der Waals surface area (Å²) in [4.78, 5) is 13.7. The summed E-state index contributed by atoms with van der Waals surface area (Å²) in [7, 11) is 1.67. The van der Waals surface area contributed by atoms with E-state index in [-0.39, 0.29) is 23.3 Å². The van der Waals surface area contributed by atoms with E-state index in [4.69, 9.17) is 10.5 Å². The molecule has 4 nitrogen and oxygen atoms in total. The highest BCUT2D eigenvalue weighted by Crippen LogP contribution is 2.19. The highest BCUT2D eigenvalue weighted by Gasteiger charge is 2.22. The summed E-state index contributed by atoms with van der Waals surface area (Å²) >= 11 is 0. The molecule has 5 heteroatoms. The van der Waals surface area contributed by atoms with Crippen molar-refractivity contribution in [3.8, 4) is 0 Å². The summed E-state index contributed by atoms with van der Waals surface area (Å²) < 4.78 is 18.8. The van der Waals surface area contributed by atoms with Crippen molar-refractivity contribution >= 4 is 11.6 Å². The van der Waals surface area contributed by atoms with Gasteiger partial charge in [0.15, 0.2) is 0 Å². The fourth-order valence-corrected chi connectivity index (χ4v) is 2.11. The first-order chi connectivity index (χ1) is 8.59. The van der Waals surface area contributed by atoms with Gasteiger partial charge in [0, 0.05) is 20.2 Å². The van der Waals surface area contributed by atoms with Crippen LogP contribution in [0.25, 0.3) is 0 Å². The molecule has 0 saturated carbocycles. The van der Waals surface area contributed by atoms with Crippen molar-refractivity contribution in [1.29, 1.82) is 0 Å². The van der Waals surface area contributed by atoms with Crippen LogP contribution in [-0.4, -0.2) is 37.1 Å². The topological polar surface area (TPSA) is 55.6 Å². The first-order valence-corrected chi connectivity index (χ1v) is 6.00. The molecule has 1 aromatic carbocycles. The Bertz CT molecular complexity index is 445. The Hall–Kier alpha value is -1.62. The molecule has 1 aromatic rings. The quantitative estimate of drug-likeness (QED) is 0.832. The SMILES string of the molecule is CN(CC1CCCO1)C(=O)c1cccc(F)c1N. The fourth-order valence-electron chi connectivity index (χ4n) is 2.11. The molecule has 1 unspecified atom stereocenters. The van der Waals surface area contributed by atoms with Crippen molar-refractivity contribution in [2.24, 2.45) is 0 Å². The zero-order valence-electron chi connectivity index (χ0n) is 10.4. The molecule has 0 aliphatic carbocycles. The number of benzene rings is 1. The Balaban J connectivity index is 2.07. The van der Waals surface area contributed by atoms with Crippen LogP contribution in [0.1, 0.15) is 23.2 Å². The molecule has 0 aromatic heterocycles. The lowest BCUT2D eigenvalue weighted by molar-refractivity contribution is 0.0587. The molecule has 1 aliphatic heterocycles. The maximum atomic E-state index is 13.3. The van der Waals surface area contributed by atoms with Crippen LogP contribution in [0.2, 0.25) is 0 Å². The van der Waals surface area contributed by atoms with Gasteiger partial charge in [0.25, 0.3) is 5.91 Å². The number of nitrogens with zero attached hydrogens (tertiary/aromatic N) is 1. The standard InChI is InChI=1S/C13H17FN2O2/c1-16(8-9-4-3-7-18-9)13(17)10-5-2-6-11(14)12(10)15/h2,5-6,9H,3-4,7-8,15H2,1H3. The second kappa shape index (κ2) is 5.35. The van der Waals surface area contributed by atoms with E-state index in [0.29, 0.717) is 6.54 Å². The smallest absolute Gasteiger partial charge is 0.255 e. The van der Waals surface area contributed by atoms with Gasteiger partial charge in [0.1, 0.15) is 5.82 Å². The van der Waals surface area contributed by atoms with E-state index in [1.54, 1.807) is 7.05 Å². The van der Waals surface area contributed by atoms with Crippen LogP contribution in [0.15, 0.2) is 18.2 Å². The van der Waals surface area contributed by atoms with Gasteiger partial charge in [-0.3, -0.25) is 4.79 Å². The van der Waals surface area contributed by atoms with Crippen LogP contribution in [0, 0.1) is 5.82 Å². The van der Waals surface area contributed by atoms with Gasteiger partial charge >= 0.3 is 0 Å². The molecule has 0 radical (unpaired) electrons. The number of nitrogen functional groups attached to an aromatic ring is 1. The third-order valence-electron chi connectivity index (χ3n) is 3.13. The van der Waals surface area contributed by atoms with E-state index in [2.05, 4.69) is 0 Å². The van der Waals surface area contributed by atoms with Gasteiger partial charge in [-0.1, -0.05) is 6.07 Å². The van der Waals surface area contributed by atoms with Gasteiger partial charge in [-0.25, -0.2) is 4.39 Å². The normalized spacial score (nSPS) is 18.9. The zero-order chi connectivity index (χ0) is 13.1. The van der Waals surface area contributed by atoms with Gasteiger partial charge in [0.05, 0.1) is 17.4 Å². The number of anilines is 1. The average Bonchev–Trinajstić information content (AvgIpc) is 2.84. The Morgan fingerprint density at radius 2 is 2.39 bits per heavy atom. The average molecular weight is 252 g/mol. The second-order valence-electron chi connectivity index (χ2n) is 4.52. The van der Waals surface area contributed by atoms with Gasteiger partial charge < -0.3 is 15.4 Å². The Labute approximate surface area is 106 Å². The molecule has 0 spiro atoms. The summed E-state index contributed by atoms with van der Waals surface area (Å²) in [6.07, 6.45) is 2.05. The molecule has 1 heterocycles. The van der Waals surface area contributed by atoms with Crippen molar-refractivity contribution < 1.29 is 13.9 Å². The Kier molecular flexibility index (Phi) is 3.81. The predicted molar refractivity (Wildman–Crippen MR) is 66.7 cm³/mol. The van der Waals surface area contributed by atoms with Crippen molar-refractivity contribution in [3.05, 3.63) is 29.6 Å². The molecule has 2 N–H and O–H groups in total. The lowest BCUT2D eigenvalue weighted by atomic mass is 10.1. The summed E-state index contributed by atoms with van der Waals surface area (Å²) in [5, 5.41) is 0. The van der Waals surface area contributed by atoms with E-state index in [9.17, 15) is 9.18 Å². The number of hydrogen-bond acceptors (Lipinski definition) is 3. The summed E-state index contributed by atoms with van der Waals surface area (Å²) in [5.41, 5.74) is 5.68. The van der Waals surface area contributed by atoms with Crippen LogP contribution in [-0.2, 0) is 4.74 Å². The highest BCUT2D eigenvalue weighted by molar-refractivity contribution is 5.99. The number of para-hydroxylation sites is 1. The molecule has 2 rings (SSSR count). The third-order valence-corrected chi connectivity index (χ3v) is 3.13. The highest BCUT2D eigenvalue weighted by atomic mass is 19.1. The molecule has 1 aliphatic rings. The number of rotatable bonds is 3. The monoisotopic (exact) mass is 252 g/mol. The van der Waals surface area contributed by atoms with Crippen LogP contribution in [0.3, 0.4) is 0 Å². The van der Waals surface area contributed by atoms with Crippen molar-refractivity contribution in [2.75, 3.05) is 25.9 Å². The lowest BCUT2D eigenvalue weighted by Gasteiger charge is -2.21. The van der Waals surface area contributed by atoms with E-state index < -0.39 is 5.82 Å². The fraction of sp³-hybridized carbons (Fsp3) is 0.462. The van der Waals surface area contributed by atoms with E-state index in [0.717, 1.165) is 19.4 Å². The summed E-state index contributed by atoms with van der Waals surface area (Å²) in [6, 6.07) is 4.26. The van der Waals surface area contributed by atoms with Gasteiger partial charge in [-0.2, -0.15) is 0 Å².